The number of amides is 4. The van der Waals surface area contributed by atoms with Gasteiger partial charge < -0.3 is 58.0 Å². The number of likely N-dealkylation sites (tertiary alicyclic amines) is 2. The van der Waals surface area contributed by atoms with E-state index in [9.17, 15) is 36.7 Å². The summed E-state index contributed by atoms with van der Waals surface area (Å²) in [5, 5.41) is 19.2. The first-order chi connectivity index (χ1) is 47.0. The number of fused-ring (bicyclic) bond motifs is 4. The van der Waals surface area contributed by atoms with Crippen LogP contribution in [0.4, 0.5) is 27.2 Å². The lowest BCUT2D eigenvalue weighted by Crippen LogP contribution is -2.42. The Balaban J connectivity index is 0.000000221. The number of alkyl halides is 5. The van der Waals surface area contributed by atoms with Crippen LogP contribution in [0.3, 0.4) is 0 Å². The van der Waals surface area contributed by atoms with Gasteiger partial charge in [-0.2, -0.15) is 27.8 Å². The maximum atomic E-state index is 13.5. The van der Waals surface area contributed by atoms with Gasteiger partial charge in [-0.3, -0.25) is 19.4 Å². The van der Waals surface area contributed by atoms with E-state index in [4.69, 9.17) is 43.7 Å². The molecule has 0 bridgehead atoms. The Morgan fingerprint density at radius 1 is 0.604 bits per heavy atom. The molecule has 2 aromatic carbocycles. The molecule has 0 aliphatic carbocycles. The highest BCUT2D eigenvalue weighted by atomic mass is 79.9. The summed E-state index contributed by atoms with van der Waals surface area (Å²) in [6, 6.07) is 11.1. The fourth-order valence-electron chi connectivity index (χ4n) is 10.9. The number of carbonyl (C=O) groups excluding carboxylic acids is 4. The average Bonchev–Trinajstić information content (AvgIpc) is 1.62. The van der Waals surface area contributed by atoms with Crippen molar-refractivity contribution in [2.45, 2.75) is 220 Å². The molecule has 2 saturated heterocycles. The van der Waals surface area contributed by atoms with Gasteiger partial charge in [-0.1, -0.05) is 55.2 Å². The molecule has 101 heavy (non-hydrogen) atoms. The molecule has 0 atom stereocenters. The molecule has 0 saturated carbocycles. The molecule has 2 aliphatic rings. The van der Waals surface area contributed by atoms with Gasteiger partial charge in [0.25, 0.3) is 11.8 Å². The third kappa shape index (κ3) is 22.9. The molecule has 4 amide bonds. The van der Waals surface area contributed by atoms with Gasteiger partial charge in [0.1, 0.15) is 70.0 Å². The molecule has 3 N–H and O–H groups in total. The van der Waals surface area contributed by atoms with Crippen LogP contribution in [0.15, 0.2) is 61.2 Å². The van der Waals surface area contributed by atoms with Gasteiger partial charge in [0.2, 0.25) is 0 Å². The van der Waals surface area contributed by atoms with Crippen molar-refractivity contribution in [3.8, 4) is 34.3 Å². The monoisotopic (exact) mass is 1510 g/mol. The predicted molar refractivity (Wildman–Crippen MR) is 391 cm³/mol. The van der Waals surface area contributed by atoms with Crippen LogP contribution in [0.5, 0.6) is 11.5 Å². The van der Waals surface area contributed by atoms with Crippen molar-refractivity contribution in [2.75, 3.05) is 39.4 Å². The van der Waals surface area contributed by atoms with Gasteiger partial charge in [-0.15, -0.1) is 0 Å². The Morgan fingerprint density at radius 2 is 1.03 bits per heavy atom. The topological polar surface area (TPSA) is 262 Å². The van der Waals surface area contributed by atoms with Crippen LogP contribution in [0, 0.1) is 0 Å². The fourth-order valence-corrected chi connectivity index (χ4v) is 12.8. The number of nitrogens with one attached hydrogen (secondary N) is 3. The van der Waals surface area contributed by atoms with Crippen molar-refractivity contribution in [3.63, 3.8) is 0 Å². The van der Waals surface area contributed by atoms with E-state index in [1.807, 2.05) is 87.8 Å². The highest BCUT2D eigenvalue weighted by Crippen LogP contribution is 2.37. The molecule has 552 valence electrons. The molecule has 8 aromatic rings. The van der Waals surface area contributed by atoms with Crippen LogP contribution in [0.2, 0.25) is 51.4 Å². The molecule has 0 spiro atoms. The molecule has 2 fully saturated rings. The molecule has 24 nitrogen and oxygen atoms in total. The van der Waals surface area contributed by atoms with Gasteiger partial charge in [-0.25, -0.2) is 29.5 Å². The van der Waals surface area contributed by atoms with Crippen LogP contribution in [0.1, 0.15) is 136 Å². The Hall–Kier alpha value is -7.75. The van der Waals surface area contributed by atoms with Crippen molar-refractivity contribution in [2.24, 2.45) is 0 Å². The molecule has 31 heteroatoms. The number of hydrogen-bond acceptors (Lipinski definition) is 16. The smallest absolute Gasteiger partial charge is 0.410 e. The third-order valence-corrected chi connectivity index (χ3v) is 20.1. The van der Waals surface area contributed by atoms with Crippen molar-refractivity contribution in [1.82, 2.24) is 69.5 Å². The second-order valence-electron chi connectivity index (χ2n) is 31.8. The highest BCUT2D eigenvalue weighted by molar-refractivity contribution is 9.09. The number of aromatic nitrogens is 10. The Morgan fingerprint density at radius 3 is 1.46 bits per heavy atom. The highest BCUT2D eigenvalue weighted by Gasteiger charge is 2.32. The van der Waals surface area contributed by atoms with Crippen LogP contribution < -0.4 is 20.1 Å². The van der Waals surface area contributed by atoms with Gasteiger partial charge in [-0.05, 0) is 157 Å². The van der Waals surface area contributed by atoms with Gasteiger partial charge in [0.05, 0.1) is 40.6 Å². The lowest BCUT2D eigenvalue weighted by Gasteiger charge is -2.33. The van der Waals surface area contributed by atoms with Crippen LogP contribution in [-0.4, -0.2) is 179 Å². The number of halogens is 5. The lowest BCUT2D eigenvalue weighted by molar-refractivity contribution is -0.0504. The van der Waals surface area contributed by atoms with Gasteiger partial charge >= 0.3 is 25.4 Å². The first-order valence-corrected chi connectivity index (χ1v) is 42.3. The summed E-state index contributed by atoms with van der Waals surface area (Å²) in [5.74, 6) is -0.612. The number of hydrogen-bond donors (Lipinski definition) is 3. The first kappa shape index (κ1) is 79.0. The summed E-state index contributed by atoms with van der Waals surface area (Å²) in [4.78, 5) is 74.0. The number of ether oxygens (including phenoxy) is 6. The standard InChI is InChI=1S/C35H49F2N7O5Si.C25H32F2N6O3Si.C10H18BrNO2/c1-34(2,3)40-31(45)25-20-43(21-47-16-17-50(7,8)9)30-29(25)39-26(19-38-30)28-24-18-23(48-32(36)37)10-11-27(24)44(41-28)22-12-14-42(15-13-22)33(46)49-35(4,5)6;1-25(2,3)30-23(34)17-13-33(14-35-9-10-37(4,5)6)22-21(17)29-19(12-28-22)20-16-11-15(36-24(26)27)7-8-18(16)31-32-20;1-10(2,3)14-9(13)12-6-4-8(11)5-7-12/h10-11,18-20,22,32H,12-17,21H2,1-9H3,(H,40,45);7-8,11-13,24H,9-10,14H2,1-6H3,(H,30,34)(H,31,32);8H,4-7H2,1-3H3. The summed E-state index contributed by atoms with van der Waals surface area (Å²) in [5.41, 5.74) is 3.36. The van der Waals surface area contributed by atoms with Gasteiger partial charge in [0.15, 0.2) is 11.3 Å². The zero-order valence-electron chi connectivity index (χ0n) is 61.4. The number of aromatic amines is 1. The summed E-state index contributed by atoms with van der Waals surface area (Å²) >= 11 is 3.55. The van der Waals surface area contributed by atoms with Crippen molar-refractivity contribution in [1.29, 1.82) is 0 Å². The number of piperidine rings is 2. The lowest BCUT2D eigenvalue weighted by atomic mass is 10.1. The predicted octanol–water partition coefficient (Wildman–Crippen LogP) is 15.7. The first-order valence-electron chi connectivity index (χ1n) is 34.0. The third-order valence-electron chi connectivity index (χ3n) is 15.7. The summed E-state index contributed by atoms with van der Waals surface area (Å²) in [6.45, 7) is 34.5. The minimum Gasteiger partial charge on any atom is -0.444 e. The minimum atomic E-state index is -3.00. The molecule has 0 radical (unpaired) electrons. The molecular weight excluding hydrogens is 1410 g/mol. The van der Waals surface area contributed by atoms with E-state index in [-0.39, 0.29) is 60.6 Å². The fraction of sp³-hybridized carbons (Fsp3) is 0.571. The van der Waals surface area contributed by atoms with Gasteiger partial charge in [0, 0.05) is 94.6 Å². The van der Waals surface area contributed by atoms with Crippen molar-refractivity contribution < 1.29 is 65.2 Å². The largest absolute Gasteiger partial charge is 0.444 e. The zero-order chi connectivity index (χ0) is 74.3. The van der Waals surface area contributed by atoms with E-state index in [1.165, 1.54) is 24.3 Å². The van der Waals surface area contributed by atoms with E-state index < -0.39 is 46.0 Å². The van der Waals surface area contributed by atoms with Crippen LogP contribution >= 0.6 is 15.9 Å². The SMILES string of the molecule is CC(C)(C)NC(=O)c1cn(COCC[Si](C)(C)C)c2ncc(-c3n[nH]c4ccc(OC(F)F)cc34)nc12.CC(C)(C)NC(=O)c1cn(COCC[Si](C)(C)C)c2ncc(-c3nn(C4CCN(C(=O)OC(C)(C)C)CC4)c4ccc(OC(F)F)cc34)nc12.CC(C)(C)OC(=O)N1CCC(Br)CC1. The Labute approximate surface area is 597 Å². The number of benzene rings is 2. The van der Waals surface area contributed by atoms with E-state index >= 15 is 0 Å². The Kier molecular flexibility index (Phi) is 25.2. The maximum absolute atomic E-state index is 13.5. The minimum absolute atomic E-state index is 0.00560. The van der Waals surface area contributed by atoms with E-state index in [2.05, 4.69) is 85.8 Å². The second-order valence-corrected chi connectivity index (χ2v) is 44.4. The van der Waals surface area contributed by atoms with Crippen molar-refractivity contribution in [3.05, 3.63) is 72.3 Å². The number of H-pyrrole nitrogens is 1. The molecule has 0 unspecified atom stereocenters. The van der Waals surface area contributed by atoms with Crippen molar-refractivity contribution >= 4 is 100 Å². The molecule has 8 heterocycles. The Bertz CT molecular complexity index is 4190. The average molecular weight is 1510 g/mol. The molecular formula is C70H99BrF4N14O10Si2. The zero-order valence-corrected chi connectivity index (χ0v) is 65.0. The summed E-state index contributed by atoms with van der Waals surface area (Å²) < 4.78 is 89.5. The quantitative estimate of drug-likeness (QED) is 0.0294. The summed E-state index contributed by atoms with van der Waals surface area (Å²) in [6.07, 6.45) is 9.21. The molecule has 6 aromatic heterocycles. The van der Waals surface area contributed by atoms with E-state index in [1.54, 1.807) is 55.9 Å². The number of carbonyl (C=O) groups is 4. The van der Waals surface area contributed by atoms with Crippen LogP contribution in [0.25, 0.3) is 66.9 Å². The van der Waals surface area contributed by atoms with Crippen LogP contribution in [-0.2, 0) is 32.4 Å². The molecule has 10 rings (SSSR count). The normalized spacial score (nSPS) is 14.7. The number of rotatable bonds is 19. The summed E-state index contributed by atoms with van der Waals surface area (Å²) in [7, 11) is -2.56. The van der Waals surface area contributed by atoms with E-state index in [0.29, 0.717) is 122 Å². The molecule has 2 aliphatic heterocycles. The second kappa shape index (κ2) is 32.3. The maximum Gasteiger partial charge on any atom is 0.410 e. The number of nitrogens with zero attached hydrogens (tertiary/aromatic N) is 11. The van der Waals surface area contributed by atoms with E-state index in [0.717, 1.165) is 38.0 Å².